The largest absolute Gasteiger partial charge is 0.465 e. The minimum absolute atomic E-state index is 0.0183. The number of hydrogen-bond acceptors (Lipinski definition) is 5. The molecule has 0 heterocycles. The van der Waals surface area contributed by atoms with Crippen molar-refractivity contribution in [1.29, 1.82) is 0 Å². The molecule has 0 aliphatic heterocycles. The van der Waals surface area contributed by atoms with Gasteiger partial charge in [0.2, 0.25) is 0 Å². The maximum atomic E-state index is 12.2. The highest BCUT2D eigenvalue weighted by atomic mass is 16.5. The van der Waals surface area contributed by atoms with E-state index in [1.54, 1.807) is 12.1 Å². The van der Waals surface area contributed by atoms with Gasteiger partial charge in [0, 0.05) is 5.56 Å². The average molecular weight is 262 g/mol. The molecule has 0 fully saturated rings. The maximum Gasteiger partial charge on any atom is 0.338 e. The molecule has 0 aliphatic carbocycles. The van der Waals surface area contributed by atoms with Gasteiger partial charge >= 0.3 is 5.97 Å². The number of Topliss-reactive ketones (excluding diaryl/α,β-unsaturated/α-hetero) is 3. The SMILES string of the molecule is COC(=O)c1ccccc1C(=O)C(C(C)=O)C(C)=O. The van der Waals surface area contributed by atoms with Crippen LogP contribution in [0.4, 0.5) is 0 Å². The second-order valence-electron chi connectivity index (χ2n) is 4.06. The van der Waals surface area contributed by atoms with Gasteiger partial charge in [-0.3, -0.25) is 14.4 Å². The second-order valence-corrected chi connectivity index (χ2v) is 4.06. The van der Waals surface area contributed by atoms with Crippen LogP contribution in [-0.2, 0) is 14.3 Å². The number of ether oxygens (including phenoxy) is 1. The van der Waals surface area contributed by atoms with Gasteiger partial charge in [0.15, 0.2) is 5.78 Å². The molecule has 0 N–H and O–H groups in total. The van der Waals surface area contributed by atoms with E-state index in [-0.39, 0.29) is 11.1 Å². The lowest BCUT2D eigenvalue weighted by molar-refractivity contribution is -0.128. The third-order valence-corrected chi connectivity index (χ3v) is 2.67. The molecule has 100 valence electrons. The highest BCUT2D eigenvalue weighted by Crippen LogP contribution is 2.17. The number of rotatable bonds is 5. The Morgan fingerprint density at radius 3 is 1.84 bits per heavy atom. The van der Waals surface area contributed by atoms with E-state index in [1.165, 1.54) is 33.1 Å². The van der Waals surface area contributed by atoms with Crippen molar-refractivity contribution in [3.8, 4) is 0 Å². The van der Waals surface area contributed by atoms with Gasteiger partial charge in [-0.05, 0) is 19.9 Å². The van der Waals surface area contributed by atoms with Crippen LogP contribution < -0.4 is 0 Å². The number of hydrogen-bond donors (Lipinski definition) is 0. The van der Waals surface area contributed by atoms with Gasteiger partial charge < -0.3 is 4.74 Å². The summed E-state index contributed by atoms with van der Waals surface area (Å²) in [6.45, 7) is 2.34. The Morgan fingerprint density at radius 2 is 1.42 bits per heavy atom. The van der Waals surface area contributed by atoms with E-state index in [9.17, 15) is 19.2 Å². The number of benzene rings is 1. The predicted octanol–water partition coefficient (Wildman–Crippen LogP) is 1.45. The molecule has 5 heteroatoms. The summed E-state index contributed by atoms with van der Waals surface area (Å²) in [6, 6.07) is 5.93. The molecule has 0 radical (unpaired) electrons. The molecule has 1 aromatic rings. The lowest BCUT2D eigenvalue weighted by atomic mass is 9.89. The Morgan fingerprint density at radius 1 is 0.947 bits per heavy atom. The van der Waals surface area contributed by atoms with Crippen LogP contribution in [0.3, 0.4) is 0 Å². The molecule has 0 saturated heterocycles. The van der Waals surface area contributed by atoms with E-state index in [1.807, 2.05) is 0 Å². The number of esters is 1. The monoisotopic (exact) mass is 262 g/mol. The molecule has 19 heavy (non-hydrogen) atoms. The highest BCUT2D eigenvalue weighted by molar-refractivity contribution is 6.25. The maximum absolute atomic E-state index is 12.2. The molecule has 0 amide bonds. The Bertz CT molecular complexity index is 531. The number of carbonyl (C=O) groups is 4. The molecule has 0 saturated carbocycles. The molecule has 0 unspecified atom stereocenters. The zero-order chi connectivity index (χ0) is 14.6. The summed E-state index contributed by atoms with van der Waals surface area (Å²) in [7, 11) is 1.19. The van der Waals surface area contributed by atoms with Gasteiger partial charge in [0.25, 0.3) is 0 Å². The third kappa shape index (κ3) is 3.13. The third-order valence-electron chi connectivity index (χ3n) is 2.67. The Hall–Kier alpha value is -2.30. The first-order valence-electron chi connectivity index (χ1n) is 5.62. The number of methoxy groups -OCH3 is 1. The molecule has 1 aromatic carbocycles. The lowest BCUT2D eigenvalue weighted by Gasteiger charge is -2.11. The van der Waals surface area contributed by atoms with E-state index in [0.29, 0.717) is 0 Å². The van der Waals surface area contributed by atoms with Crippen molar-refractivity contribution in [3.05, 3.63) is 35.4 Å². The zero-order valence-corrected chi connectivity index (χ0v) is 10.9. The van der Waals surface area contributed by atoms with Crippen LogP contribution in [0, 0.1) is 5.92 Å². The Balaban J connectivity index is 3.30. The lowest BCUT2D eigenvalue weighted by Crippen LogP contribution is -2.30. The minimum Gasteiger partial charge on any atom is -0.465 e. The van der Waals surface area contributed by atoms with E-state index in [2.05, 4.69) is 4.74 Å². The molecule has 1 rings (SSSR count). The second kappa shape index (κ2) is 6.04. The van der Waals surface area contributed by atoms with Crippen LogP contribution in [0.1, 0.15) is 34.6 Å². The van der Waals surface area contributed by atoms with Gasteiger partial charge in [-0.1, -0.05) is 18.2 Å². The van der Waals surface area contributed by atoms with Crippen molar-refractivity contribution in [2.45, 2.75) is 13.8 Å². The van der Waals surface area contributed by atoms with Gasteiger partial charge in [0.05, 0.1) is 12.7 Å². The first kappa shape index (κ1) is 14.8. The van der Waals surface area contributed by atoms with Gasteiger partial charge in [-0.15, -0.1) is 0 Å². The van der Waals surface area contributed by atoms with Crippen molar-refractivity contribution in [2.75, 3.05) is 7.11 Å². The smallest absolute Gasteiger partial charge is 0.338 e. The Kier molecular flexibility index (Phi) is 4.69. The first-order chi connectivity index (χ1) is 8.90. The number of carbonyl (C=O) groups excluding carboxylic acids is 4. The van der Waals surface area contributed by atoms with Crippen LogP contribution >= 0.6 is 0 Å². The van der Waals surface area contributed by atoms with Crippen molar-refractivity contribution in [1.82, 2.24) is 0 Å². The predicted molar refractivity (Wildman–Crippen MR) is 67.0 cm³/mol. The van der Waals surface area contributed by atoms with Crippen molar-refractivity contribution in [2.24, 2.45) is 5.92 Å². The topological polar surface area (TPSA) is 77.5 Å². The van der Waals surface area contributed by atoms with E-state index >= 15 is 0 Å². The molecule has 0 aliphatic rings. The average Bonchev–Trinajstić information content (AvgIpc) is 2.36. The summed E-state index contributed by atoms with van der Waals surface area (Å²) in [5.74, 6) is -3.82. The number of ketones is 3. The van der Waals surface area contributed by atoms with E-state index in [0.717, 1.165) is 0 Å². The van der Waals surface area contributed by atoms with Crippen molar-refractivity contribution >= 4 is 23.3 Å². The fourth-order valence-corrected chi connectivity index (χ4v) is 1.80. The quantitative estimate of drug-likeness (QED) is 0.456. The van der Waals surface area contributed by atoms with Crippen LogP contribution in [0.15, 0.2) is 24.3 Å². The summed E-state index contributed by atoms with van der Waals surface area (Å²) >= 11 is 0. The van der Waals surface area contributed by atoms with E-state index in [4.69, 9.17) is 0 Å². The molecule has 0 spiro atoms. The molecule has 0 bridgehead atoms. The molecule has 0 aromatic heterocycles. The summed E-state index contributed by atoms with van der Waals surface area (Å²) in [6.07, 6.45) is 0. The Labute approximate surface area is 110 Å². The van der Waals surface area contributed by atoms with Crippen LogP contribution in [0.2, 0.25) is 0 Å². The van der Waals surface area contributed by atoms with Gasteiger partial charge in [0.1, 0.15) is 17.5 Å². The van der Waals surface area contributed by atoms with E-state index < -0.39 is 29.2 Å². The molecule has 0 atom stereocenters. The summed E-state index contributed by atoms with van der Waals surface area (Å²) in [5.41, 5.74) is 0.0623. The summed E-state index contributed by atoms with van der Waals surface area (Å²) in [5, 5.41) is 0. The molecule has 5 nitrogen and oxygen atoms in total. The fourth-order valence-electron chi connectivity index (χ4n) is 1.80. The highest BCUT2D eigenvalue weighted by Gasteiger charge is 2.31. The van der Waals surface area contributed by atoms with Gasteiger partial charge in [-0.2, -0.15) is 0 Å². The van der Waals surface area contributed by atoms with Crippen LogP contribution in [0.5, 0.6) is 0 Å². The van der Waals surface area contributed by atoms with Crippen molar-refractivity contribution in [3.63, 3.8) is 0 Å². The summed E-state index contributed by atoms with van der Waals surface area (Å²) < 4.78 is 4.57. The van der Waals surface area contributed by atoms with Gasteiger partial charge in [-0.25, -0.2) is 4.79 Å². The zero-order valence-electron chi connectivity index (χ0n) is 10.9. The molecular weight excluding hydrogens is 248 g/mol. The van der Waals surface area contributed by atoms with Crippen molar-refractivity contribution < 1.29 is 23.9 Å². The minimum atomic E-state index is -1.37. The van der Waals surface area contributed by atoms with Crippen LogP contribution in [-0.4, -0.2) is 30.4 Å². The first-order valence-corrected chi connectivity index (χ1v) is 5.62. The molecular formula is C14H14O5. The summed E-state index contributed by atoms with van der Waals surface area (Å²) in [4.78, 5) is 46.6. The fraction of sp³-hybridized carbons (Fsp3) is 0.286. The normalized spacial score (nSPS) is 10.1. The standard InChI is InChI=1S/C14H14O5/c1-8(15)12(9(2)16)13(17)10-6-4-5-7-11(10)14(18)19-3/h4-7,12H,1-3H3. The van der Waals surface area contributed by atoms with Crippen LogP contribution in [0.25, 0.3) is 0 Å².